The van der Waals surface area contributed by atoms with E-state index in [0.29, 0.717) is 18.1 Å². The number of hydrogen-bond donors (Lipinski definition) is 1. The lowest BCUT2D eigenvalue weighted by Gasteiger charge is -2.30. The number of halogens is 1. The van der Waals surface area contributed by atoms with Gasteiger partial charge in [0.2, 0.25) is 11.8 Å². The van der Waals surface area contributed by atoms with Gasteiger partial charge < -0.3 is 15.0 Å². The zero-order chi connectivity index (χ0) is 21.9. The molecule has 162 valence electrons. The molecule has 0 aliphatic carbocycles. The number of para-hydroxylation sites is 1. The molecule has 0 spiro atoms. The van der Waals surface area contributed by atoms with E-state index in [-0.39, 0.29) is 30.8 Å². The summed E-state index contributed by atoms with van der Waals surface area (Å²) in [6.45, 7) is 6.43. The van der Waals surface area contributed by atoms with Crippen LogP contribution >= 0.6 is 11.6 Å². The molecule has 0 fully saturated rings. The highest BCUT2D eigenvalue weighted by atomic mass is 35.5. The number of nitrogens with one attached hydrogen (secondary N) is 1. The number of carbonyl (C=O) groups excluding carboxylic acids is 2. The highest BCUT2D eigenvalue weighted by Gasteiger charge is 2.27. The molecule has 0 saturated heterocycles. The molecule has 2 rings (SSSR count). The third kappa shape index (κ3) is 7.38. The number of hydrogen-bond acceptors (Lipinski definition) is 3. The van der Waals surface area contributed by atoms with Crippen LogP contribution in [0.15, 0.2) is 54.6 Å². The molecule has 5 nitrogen and oxygen atoms in total. The first-order valence-electron chi connectivity index (χ1n) is 10.4. The zero-order valence-corrected chi connectivity index (χ0v) is 18.7. The summed E-state index contributed by atoms with van der Waals surface area (Å²) >= 11 is 6.30. The van der Waals surface area contributed by atoms with Gasteiger partial charge in [0.1, 0.15) is 11.8 Å². The first-order valence-corrected chi connectivity index (χ1v) is 10.8. The average Bonchev–Trinajstić information content (AvgIpc) is 2.76. The minimum atomic E-state index is -0.599. The summed E-state index contributed by atoms with van der Waals surface area (Å²) in [4.78, 5) is 27.3. The maximum absolute atomic E-state index is 13.0. The summed E-state index contributed by atoms with van der Waals surface area (Å²) in [5, 5.41) is 3.54. The second kappa shape index (κ2) is 12.2. The Balaban J connectivity index is 2.02. The van der Waals surface area contributed by atoms with Crippen molar-refractivity contribution in [2.24, 2.45) is 0 Å². The molecular weight excluding hydrogens is 400 g/mol. The van der Waals surface area contributed by atoms with Crippen LogP contribution < -0.4 is 10.1 Å². The zero-order valence-electron chi connectivity index (χ0n) is 17.9. The lowest BCUT2D eigenvalue weighted by molar-refractivity contribution is -0.141. The van der Waals surface area contributed by atoms with Gasteiger partial charge in [-0.15, -0.1) is 0 Å². The Labute approximate surface area is 184 Å². The van der Waals surface area contributed by atoms with Crippen LogP contribution in [0.2, 0.25) is 5.02 Å². The topological polar surface area (TPSA) is 58.6 Å². The molecule has 1 N–H and O–H groups in total. The van der Waals surface area contributed by atoms with Crippen LogP contribution in [0.25, 0.3) is 0 Å². The number of rotatable bonds is 11. The van der Waals surface area contributed by atoms with Crippen molar-refractivity contribution in [2.45, 2.75) is 58.7 Å². The van der Waals surface area contributed by atoms with E-state index in [9.17, 15) is 9.59 Å². The summed E-state index contributed by atoms with van der Waals surface area (Å²) in [5.41, 5.74) is 0.816. The van der Waals surface area contributed by atoms with E-state index < -0.39 is 6.04 Å². The molecule has 0 bridgehead atoms. The molecule has 6 heteroatoms. The number of nitrogens with zero attached hydrogens (tertiary/aromatic N) is 1. The van der Waals surface area contributed by atoms with Gasteiger partial charge in [-0.1, -0.05) is 54.9 Å². The van der Waals surface area contributed by atoms with Crippen molar-refractivity contribution in [3.8, 4) is 5.75 Å². The highest BCUT2D eigenvalue weighted by Crippen LogP contribution is 2.19. The maximum Gasteiger partial charge on any atom is 0.242 e. The molecule has 0 saturated carbocycles. The fourth-order valence-corrected chi connectivity index (χ4v) is 3.13. The smallest absolute Gasteiger partial charge is 0.242 e. The van der Waals surface area contributed by atoms with Crippen molar-refractivity contribution in [3.05, 3.63) is 65.2 Å². The van der Waals surface area contributed by atoms with Crippen LogP contribution in [-0.2, 0) is 16.1 Å². The molecule has 2 atom stereocenters. The highest BCUT2D eigenvalue weighted by molar-refractivity contribution is 6.31. The Morgan fingerprint density at radius 3 is 2.40 bits per heavy atom. The first-order chi connectivity index (χ1) is 14.4. The van der Waals surface area contributed by atoms with Crippen LogP contribution in [0, 0.1) is 0 Å². The van der Waals surface area contributed by atoms with Crippen LogP contribution in [0.1, 0.15) is 45.6 Å². The molecule has 30 heavy (non-hydrogen) atoms. The molecular formula is C24H31ClN2O3. The van der Waals surface area contributed by atoms with Crippen molar-refractivity contribution < 1.29 is 14.3 Å². The second-order valence-corrected chi connectivity index (χ2v) is 7.78. The third-order valence-corrected chi connectivity index (χ3v) is 5.38. The minimum absolute atomic E-state index is 0.0523. The van der Waals surface area contributed by atoms with Gasteiger partial charge in [0, 0.05) is 24.0 Å². The standard InChI is InChI=1S/C24H31ClN2O3/c1-4-18(2)26-24(29)19(3)27(17-20-11-8-9-14-22(20)25)23(28)15-10-16-30-21-12-6-5-7-13-21/h5-9,11-14,18-19H,4,10,15-17H2,1-3H3,(H,26,29)/t18-,19+/m0/s1. The summed E-state index contributed by atoms with van der Waals surface area (Å²) in [6, 6.07) is 16.3. The van der Waals surface area contributed by atoms with E-state index in [2.05, 4.69) is 5.32 Å². The van der Waals surface area contributed by atoms with E-state index in [1.54, 1.807) is 17.9 Å². The van der Waals surface area contributed by atoms with Crippen LogP contribution in [-0.4, -0.2) is 35.4 Å². The van der Waals surface area contributed by atoms with Crippen LogP contribution in [0.3, 0.4) is 0 Å². The largest absolute Gasteiger partial charge is 0.494 e. The lowest BCUT2D eigenvalue weighted by Crippen LogP contribution is -2.49. The number of carbonyl (C=O) groups is 2. The van der Waals surface area contributed by atoms with Crippen molar-refractivity contribution in [3.63, 3.8) is 0 Å². The molecule has 0 aliphatic rings. The molecule has 0 heterocycles. The van der Waals surface area contributed by atoms with Gasteiger partial charge in [-0.05, 0) is 50.5 Å². The third-order valence-electron chi connectivity index (χ3n) is 5.01. The van der Waals surface area contributed by atoms with Gasteiger partial charge in [0.25, 0.3) is 0 Å². The first kappa shape index (κ1) is 23.7. The van der Waals surface area contributed by atoms with Gasteiger partial charge in [0.05, 0.1) is 6.61 Å². The number of amides is 2. The number of benzene rings is 2. The molecule has 0 aliphatic heterocycles. The Morgan fingerprint density at radius 2 is 1.73 bits per heavy atom. The molecule has 2 aromatic rings. The van der Waals surface area contributed by atoms with E-state index >= 15 is 0 Å². The molecule has 0 radical (unpaired) electrons. The number of ether oxygens (including phenoxy) is 1. The van der Waals surface area contributed by atoms with Gasteiger partial charge in [0.15, 0.2) is 0 Å². The Morgan fingerprint density at radius 1 is 1.07 bits per heavy atom. The quantitative estimate of drug-likeness (QED) is 0.519. The molecule has 0 aromatic heterocycles. The van der Waals surface area contributed by atoms with Crippen molar-refractivity contribution in [1.82, 2.24) is 10.2 Å². The summed E-state index contributed by atoms with van der Waals surface area (Å²) < 4.78 is 5.68. The van der Waals surface area contributed by atoms with E-state index in [1.807, 2.05) is 62.4 Å². The molecule has 2 amide bonds. The predicted molar refractivity (Wildman–Crippen MR) is 121 cm³/mol. The Kier molecular flexibility index (Phi) is 9.68. The van der Waals surface area contributed by atoms with Gasteiger partial charge in [-0.3, -0.25) is 9.59 Å². The minimum Gasteiger partial charge on any atom is -0.494 e. The van der Waals surface area contributed by atoms with Gasteiger partial charge in [-0.2, -0.15) is 0 Å². The summed E-state index contributed by atoms with van der Waals surface area (Å²) in [6.07, 6.45) is 1.68. The molecule has 0 unspecified atom stereocenters. The maximum atomic E-state index is 13.0. The van der Waals surface area contributed by atoms with Crippen LogP contribution in [0.4, 0.5) is 0 Å². The van der Waals surface area contributed by atoms with Crippen molar-refractivity contribution in [2.75, 3.05) is 6.61 Å². The fraction of sp³-hybridized carbons (Fsp3) is 0.417. The monoisotopic (exact) mass is 430 g/mol. The summed E-state index contributed by atoms with van der Waals surface area (Å²) in [5.74, 6) is 0.517. The normalized spacial score (nSPS) is 12.7. The van der Waals surface area contributed by atoms with Gasteiger partial charge >= 0.3 is 0 Å². The van der Waals surface area contributed by atoms with Crippen LogP contribution in [0.5, 0.6) is 5.75 Å². The molecule has 2 aromatic carbocycles. The van der Waals surface area contributed by atoms with Crippen molar-refractivity contribution >= 4 is 23.4 Å². The average molecular weight is 431 g/mol. The lowest BCUT2D eigenvalue weighted by atomic mass is 10.1. The van der Waals surface area contributed by atoms with Gasteiger partial charge in [-0.25, -0.2) is 0 Å². The van der Waals surface area contributed by atoms with E-state index in [1.165, 1.54) is 0 Å². The van der Waals surface area contributed by atoms with E-state index in [4.69, 9.17) is 16.3 Å². The SMILES string of the molecule is CC[C@H](C)NC(=O)[C@@H](C)N(Cc1ccccc1Cl)C(=O)CCCOc1ccccc1. The Hall–Kier alpha value is -2.53. The predicted octanol–water partition coefficient (Wildman–Crippen LogP) is 4.83. The summed E-state index contributed by atoms with van der Waals surface area (Å²) in [7, 11) is 0. The Bertz CT molecular complexity index is 813. The second-order valence-electron chi connectivity index (χ2n) is 7.37. The van der Waals surface area contributed by atoms with E-state index in [0.717, 1.165) is 17.7 Å². The van der Waals surface area contributed by atoms with Crippen molar-refractivity contribution in [1.29, 1.82) is 0 Å². The fourth-order valence-electron chi connectivity index (χ4n) is 2.93.